The lowest BCUT2D eigenvalue weighted by Crippen LogP contribution is -2.26. The summed E-state index contributed by atoms with van der Waals surface area (Å²) < 4.78 is 11.5. The molecule has 0 radical (unpaired) electrons. The number of benzene rings is 1. The Bertz CT molecular complexity index is 466. The molecule has 0 aromatic heterocycles. The third-order valence-electron chi connectivity index (χ3n) is 5.13. The molecule has 0 amide bonds. The fraction of sp³-hybridized carbons (Fsp3) is 0.667. The highest BCUT2D eigenvalue weighted by Gasteiger charge is 2.26. The smallest absolute Gasteiger partial charge is 0.161 e. The average molecular weight is 289 g/mol. The Kier molecular flexibility index (Phi) is 4.69. The molecule has 0 bridgehead atoms. The molecule has 1 aromatic carbocycles. The highest BCUT2D eigenvalue weighted by Crippen LogP contribution is 2.39. The van der Waals surface area contributed by atoms with Crippen LogP contribution in [0, 0.1) is 11.8 Å². The fourth-order valence-electron chi connectivity index (χ4n) is 3.61. The molecule has 2 aliphatic rings. The summed E-state index contributed by atoms with van der Waals surface area (Å²) in [6.45, 7) is 3.77. The van der Waals surface area contributed by atoms with Crippen molar-refractivity contribution in [3.8, 4) is 11.5 Å². The summed E-state index contributed by atoms with van der Waals surface area (Å²) in [5.41, 5.74) is 7.73. The van der Waals surface area contributed by atoms with Crippen molar-refractivity contribution < 1.29 is 9.47 Å². The van der Waals surface area contributed by atoms with Crippen molar-refractivity contribution in [2.24, 2.45) is 17.6 Å². The molecule has 3 rings (SSSR count). The highest BCUT2D eigenvalue weighted by atomic mass is 16.5. The van der Waals surface area contributed by atoms with Crippen LogP contribution in [-0.4, -0.2) is 13.2 Å². The van der Waals surface area contributed by atoms with Gasteiger partial charge in [-0.25, -0.2) is 0 Å². The minimum Gasteiger partial charge on any atom is -0.490 e. The van der Waals surface area contributed by atoms with E-state index in [1.807, 2.05) is 6.07 Å². The van der Waals surface area contributed by atoms with Gasteiger partial charge in [0, 0.05) is 12.5 Å². The maximum absolute atomic E-state index is 6.53. The first kappa shape index (κ1) is 14.7. The van der Waals surface area contributed by atoms with Gasteiger partial charge in [-0.15, -0.1) is 0 Å². The maximum Gasteiger partial charge on any atom is 0.161 e. The van der Waals surface area contributed by atoms with Crippen LogP contribution in [0.5, 0.6) is 11.5 Å². The first-order chi connectivity index (χ1) is 10.3. The van der Waals surface area contributed by atoms with Gasteiger partial charge in [0.1, 0.15) is 0 Å². The van der Waals surface area contributed by atoms with Crippen LogP contribution in [0.1, 0.15) is 57.1 Å². The van der Waals surface area contributed by atoms with E-state index in [4.69, 9.17) is 15.2 Å². The van der Waals surface area contributed by atoms with Gasteiger partial charge in [0.05, 0.1) is 13.2 Å². The average Bonchev–Trinajstić information content (AvgIpc) is 2.79. The van der Waals surface area contributed by atoms with Gasteiger partial charge < -0.3 is 15.2 Å². The second-order valence-electron chi connectivity index (χ2n) is 6.47. The van der Waals surface area contributed by atoms with Gasteiger partial charge in [-0.2, -0.15) is 0 Å². The second kappa shape index (κ2) is 6.69. The second-order valence-corrected chi connectivity index (χ2v) is 6.47. The third kappa shape index (κ3) is 3.34. The van der Waals surface area contributed by atoms with Crippen molar-refractivity contribution in [2.75, 3.05) is 13.2 Å². The van der Waals surface area contributed by atoms with Gasteiger partial charge in [0.25, 0.3) is 0 Å². The van der Waals surface area contributed by atoms with Crippen molar-refractivity contribution in [3.63, 3.8) is 0 Å². The van der Waals surface area contributed by atoms with Crippen LogP contribution in [0.2, 0.25) is 0 Å². The summed E-state index contributed by atoms with van der Waals surface area (Å²) in [4.78, 5) is 0. The summed E-state index contributed by atoms with van der Waals surface area (Å²) in [5, 5.41) is 0. The third-order valence-corrected chi connectivity index (χ3v) is 5.13. The van der Waals surface area contributed by atoms with Gasteiger partial charge in [0.15, 0.2) is 11.5 Å². The fourth-order valence-corrected chi connectivity index (χ4v) is 3.61. The molecule has 1 heterocycles. The topological polar surface area (TPSA) is 44.5 Å². The molecule has 1 unspecified atom stereocenters. The lowest BCUT2D eigenvalue weighted by atomic mass is 9.76. The first-order valence-electron chi connectivity index (χ1n) is 8.43. The number of rotatable bonds is 3. The Balaban J connectivity index is 1.70. The van der Waals surface area contributed by atoms with Crippen LogP contribution in [0.4, 0.5) is 0 Å². The molecule has 1 atom stereocenters. The van der Waals surface area contributed by atoms with E-state index in [1.54, 1.807) is 0 Å². The van der Waals surface area contributed by atoms with Gasteiger partial charge in [0.2, 0.25) is 0 Å². The maximum atomic E-state index is 6.53. The number of nitrogens with two attached hydrogens (primary N) is 1. The van der Waals surface area contributed by atoms with Gasteiger partial charge in [-0.05, 0) is 42.4 Å². The lowest BCUT2D eigenvalue weighted by Gasteiger charge is -2.32. The quantitative estimate of drug-likeness (QED) is 0.912. The largest absolute Gasteiger partial charge is 0.490 e. The molecule has 3 nitrogen and oxygen atoms in total. The van der Waals surface area contributed by atoms with E-state index in [0.717, 1.165) is 37.1 Å². The number of ether oxygens (including phenoxy) is 2. The summed E-state index contributed by atoms with van der Waals surface area (Å²) in [7, 11) is 0. The lowest BCUT2D eigenvalue weighted by molar-refractivity contribution is 0.239. The zero-order chi connectivity index (χ0) is 14.7. The molecular weight excluding hydrogens is 262 g/mol. The molecule has 1 aromatic rings. The van der Waals surface area contributed by atoms with Crippen LogP contribution >= 0.6 is 0 Å². The molecule has 21 heavy (non-hydrogen) atoms. The Labute approximate surface area is 127 Å². The normalized spacial score (nSPS) is 27.0. The van der Waals surface area contributed by atoms with E-state index in [9.17, 15) is 0 Å². The summed E-state index contributed by atoms with van der Waals surface area (Å²) in [5.74, 6) is 3.25. The molecule has 1 fully saturated rings. The van der Waals surface area contributed by atoms with Crippen LogP contribution in [0.25, 0.3) is 0 Å². The predicted octanol–water partition coefficient (Wildman–Crippen LogP) is 4.06. The van der Waals surface area contributed by atoms with Gasteiger partial charge >= 0.3 is 0 Å². The number of hydrogen-bond acceptors (Lipinski definition) is 3. The Morgan fingerprint density at radius 1 is 1.10 bits per heavy atom. The SMILES string of the molecule is CCC1CCC(C(N)c2ccc3c(c2)OCCCO3)CC1. The Hall–Kier alpha value is -1.22. The zero-order valence-electron chi connectivity index (χ0n) is 13.0. The van der Waals surface area contributed by atoms with Crippen LogP contribution in [0.3, 0.4) is 0 Å². The van der Waals surface area contributed by atoms with E-state index < -0.39 is 0 Å². The Morgan fingerprint density at radius 2 is 1.81 bits per heavy atom. The molecule has 3 heteroatoms. The predicted molar refractivity (Wildman–Crippen MR) is 84.7 cm³/mol. The van der Waals surface area contributed by atoms with E-state index >= 15 is 0 Å². The van der Waals surface area contributed by atoms with Crippen LogP contribution < -0.4 is 15.2 Å². The van der Waals surface area contributed by atoms with Crippen molar-refractivity contribution in [3.05, 3.63) is 23.8 Å². The molecule has 1 saturated carbocycles. The monoisotopic (exact) mass is 289 g/mol. The van der Waals surface area contributed by atoms with Crippen LogP contribution in [-0.2, 0) is 0 Å². The molecule has 0 spiro atoms. The standard InChI is InChI=1S/C18H27NO2/c1-2-13-4-6-14(7-5-13)18(19)15-8-9-16-17(12-15)21-11-3-10-20-16/h8-9,12-14,18H,2-7,10-11,19H2,1H3. The minimum atomic E-state index is 0.125. The number of fused-ring (bicyclic) bond motifs is 1. The Morgan fingerprint density at radius 3 is 2.52 bits per heavy atom. The highest BCUT2D eigenvalue weighted by molar-refractivity contribution is 5.44. The van der Waals surface area contributed by atoms with Crippen molar-refractivity contribution >= 4 is 0 Å². The molecule has 1 aliphatic carbocycles. The molecule has 116 valence electrons. The van der Waals surface area contributed by atoms with Gasteiger partial charge in [-0.1, -0.05) is 32.3 Å². The summed E-state index contributed by atoms with van der Waals surface area (Å²) >= 11 is 0. The minimum absolute atomic E-state index is 0.125. The summed E-state index contributed by atoms with van der Waals surface area (Å²) in [6, 6.07) is 6.36. The van der Waals surface area contributed by atoms with Gasteiger partial charge in [-0.3, -0.25) is 0 Å². The van der Waals surface area contributed by atoms with Crippen molar-refractivity contribution in [2.45, 2.75) is 51.5 Å². The summed E-state index contributed by atoms with van der Waals surface area (Å²) in [6.07, 6.45) is 7.43. The number of hydrogen-bond donors (Lipinski definition) is 1. The van der Waals surface area contributed by atoms with Crippen molar-refractivity contribution in [1.29, 1.82) is 0 Å². The van der Waals surface area contributed by atoms with Crippen LogP contribution in [0.15, 0.2) is 18.2 Å². The molecule has 1 aliphatic heterocycles. The van der Waals surface area contributed by atoms with E-state index in [1.165, 1.54) is 37.7 Å². The molecule has 2 N–H and O–H groups in total. The van der Waals surface area contributed by atoms with E-state index in [-0.39, 0.29) is 6.04 Å². The molecule has 0 saturated heterocycles. The van der Waals surface area contributed by atoms with Crippen molar-refractivity contribution in [1.82, 2.24) is 0 Å². The van der Waals surface area contributed by atoms with E-state index in [2.05, 4.69) is 19.1 Å². The zero-order valence-corrected chi connectivity index (χ0v) is 13.0. The van der Waals surface area contributed by atoms with E-state index in [0.29, 0.717) is 5.92 Å². The first-order valence-corrected chi connectivity index (χ1v) is 8.43. The molecular formula is C18H27NO2.